The summed E-state index contributed by atoms with van der Waals surface area (Å²) in [5.74, 6) is 0.125. The van der Waals surface area contributed by atoms with Gasteiger partial charge in [-0.3, -0.25) is 4.79 Å². The number of anilines is 1. The van der Waals surface area contributed by atoms with Gasteiger partial charge in [-0.15, -0.1) is 0 Å². The maximum atomic E-state index is 11.7. The van der Waals surface area contributed by atoms with Crippen molar-refractivity contribution in [3.05, 3.63) is 52.5 Å². The number of hydrogen-bond acceptors (Lipinski definition) is 2. The second-order valence-electron chi connectivity index (χ2n) is 5.58. The summed E-state index contributed by atoms with van der Waals surface area (Å²) in [7, 11) is 1.91. The summed E-state index contributed by atoms with van der Waals surface area (Å²) in [6.07, 6.45) is 0.861. The minimum absolute atomic E-state index is 0.125. The Morgan fingerprint density at radius 1 is 1.23 bits per heavy atom. The van der Waals surface area contributed by atoms with Crippen LogP contribution in [0, 0.1) is 0 Å². The van der Waals surface area contributed by atoms with Crippen molar-refractivity contribution in [3.8, 4) is 11.1 Å². The van der Waals surface area contributed by atoms with Crippen molar-refractivity contribution in [2.75, 3.05) is 18.9 Å². The molecule has 0 atom stereocenters. The normalized spacial score (nSPS) is 13.7. The van der Waals surface area contributed by atoms with Crippen LogP contribution in [0.2, 0.25) is 5.02 Å². The predicted octanol–water partition coefficient (Wildman–Crippen LogP) is 3.95. The summed E-state index contributed by atoms with van der Waals surface area (Å²) in [5, 5.41) is 3.96. The predicted molar refractivity (Wildman–Crippen MR) is 91.2 cm³/mol. The third-order valence-electron chi connectivity index (χ3n) is 4.23. The molecule has 1 N–H and O–H groups in total. The smallest absolute Gasteiger partial charge is 0.219 e. The van der Waals surface area contributed by atoms with Gasteiger partial charge in [0.15, 0.2) is 0 Å². The molecule has 0 spiro atoms. The zero-order valence-electron chi connectivity index (χ0n) is 12.8. The number of halogens is 1. The first-order chi connectivity index (χ1) is 10.6. The van der Waals surface area contributed by atoms with Gasteiger partial charge in [-0.1, -0.05) is 29.8 Å². The van der Waals surface area contributed by atoms with Crippen LogP contribution in [0.1, 0.15) is 18.1 Å². The Hall–Kier alpha value is -2.00. The number of benzene rings is 2. The maximum absolute atomic E-state index is 11.7. The fourth-order valence-corrected chi connectivity index (χ4v) is 3.27. The molecule has 0 radical (unpaired) electrons. The van der Waals surface area contributed by atoms with E-state index in [9.17, 15) is 4.79 Å². The van der Waals surface area contributed by atoms with Crippen LogP contribution in [-0.4, -0.2) is 24.4 Å². The van der Waals surface area contributed by atoms with Crippen molar-refractivity contribution in [2.24, 2.45) is 0 Å². The maximum Gasteiger partial charge on any atom is 0.219 e. The molecule has 0 unspecified atom stereocenters. The highest BCUT2D eigenvalue weighted by Crippen LogP contribution is 2.36. The monoisotopic (exact) mass is 314 g/mol. The zero-order chi connectivity index (χ0) is 15.7. The molecule has 3 rings (SSSR count). The highest BCUT2D eigenvalue weighted by Gasteiger charge is 2.22. The molecular formula is C18H19ClN2O. The third kappa shape index (κ3) is 2.69. The van der Waals surface area contributed by atoms with Gasteiger partial charge in [0, 0.05) is 43.3 Å². The lowest BCUT2D eigenvalue weighted by Gasteiger charge is -2.30. The van der Waals surface area contributed by atoms with Crippen molar-refractivity contribution < 1.29 is 4.79 Å². The molecule has 1 aliphatic heterocycles. The largest absolute Gasteiger partial charge is 0.388 e. The summed E-state index contributed by atoms with van der Waals surface area (Å²) < 4.78 is 0. The molecule has 0 saturated carbocycles. The van der Waals surface area contributed by atoms with E-state index in [4.69, 9.17) is 11.6 Å². The number of hydrogen-bond donors (Lipinski definition) is 1. The first-order valence-corrected chi connectivity index (χ1v) is 7.82. The summed E-state index contributed by atoms with van der Waals surface area (Å²) in [5.41, 5.74) is 5.75. The SMILES string of the molecule is CNc1cc2c(c(-c3ccccc3Cl)c1)CCN(C(C)=O)C2. The number of amides is 1. The van der Waals surface area contributed by atoms with Gasteiger partial charge in [0.1, 0.15) is 0 Å². The molecule has 2 aromatic rings. The average Bonchev–Trinajstić information content (AvgIpc) is 2.53. The van der Waals surface area contributed by atoms with E-state index in [1.807, 2.05) is 30.1 Å². The molecule has 22 heavy (non-hydrogen) atoms. The highest BCUT2D eigenvalue weighted by molar-refractivity contribution is 6.33. The highest BCUT2D eigenvalue weighted by atomic mass is 35.5. The number of fused-ring (bicyclic) bond motifs is 1. The van der Waals surface area contributed by atoms with Gasteiger partial charge in [-0.2, -0.15) is 0 Å². The van der Waals surface area contributed by atoms with E-state index >= 15 is 0 Å². The minimum atomic E-state index is 0.125. The lowest BCUT2D eigenvalue weighted by molar-refractivity contribution is -0.129. The molecule has 1 aliphatic rings. The Morgan fingerprint density at radius 3 is 2.68 bits per heavy atom. The standard InChI is InChI=1S/C18H19ClN2O/c1-12(22)21-8-7-15-13(11-21)9-14(20-2)10-17(15)16-5-3-4-6-18(16)19/h3-6,9-10,20H,7-8,11H2,1-2H3. The summed E-state index contributed by atoms with van der Waals surface area (Å²) in [6, 6.07) is 12.2. The summed E-state index contributed by atoms with van der Waals surface area (Å²) in [4.78, 5) is 13.5. The molecule has 0 bridgehead atoms. The molecule has 0 saturated heterocycles. The van der Waals surface area contributed by atoms with Gasteiger partial charge >= 0.3 is 0 Å². The van der Waals surface area contributed by atoms with E-state index in [2.05, 4.69) is 23.5 Å². The zero-order valence-corrected chi connectivity index (χ0v) is 13.6. The molecule has 3 nitrogen and oxygen atoms in total. The van der Waals surface area contributed by atoms with E-state index in [1.165, 1.54) is 11.1 Å². The molecule has 0 aliphatic carbocycles. The van der Waals surface area contributed by atoms with Crippen LogP contribution >= 0.6 is 11.6 Å². The quantitative estimate of drug-likeness (QED) is 0.910. The summed E-state index contributed by atoms with van der Waals surface area (Å²) >= 11 is 6.39. The Balaban J connectivity index is 2.14. The van der Waals surface area contributed by atoms with Crippen LogP contribution in [0.15, 0.2) is 36.4 Å². The Morgan fingerprint density at radius 2 is 2.00 bits per heavy atom. The molecule has 1 amide bonds. The molecule has 4 heteroatoms. The van der Waals surface area contributed by atoms with Crippen LogP contribution in [0.25, 0.3) is 11.1 Å². The Kier molecular flexibility index (Phi) is 4.08. The van der Waals surface area contributed by atoms with Gasteiger partial charge < -0.3 is 10.2 Å². The lowest BCUT2D eigenvalue weighted by Crippen LogP contribution is -2.34. The van der Waals surface area contributed by atoms with Crippen LogP contribution < -0.4 is 5.32 Å². The van der Waals surface area contributed by atoms with Crippen LogP contribution in [0.4, 0.5) is 5.69 Å². The number of nitrogens with one attached hydrogen (secondary N) is 1. The van der Waals surface area contributed by atoms with Gasteiger partial charge in [0.25, 0.3) is 0 Å². The molecule has 1 heterocycles. The van der Waals surface area contributed by atoms with Crippen LogP contribution in [0.3, 0.4) is 0 Å². The first-order valence-electron chi connectivity index (χ1n) is 7.44. The van der Waals surface area contributed by atoms with Crippen molar-refractivity contribution in [2.45, 2.75) is 19.9 Å². The van der Waals surface area contributed by atoms with Crippen molar-refractivity contribution in [1.82, 2.24) is 4.90 Å². The number of rotatable bonds is 2. The Bertz CT molecular complexity index is 727. The van der Waals surface area contributed by atoms with Gasteiger partial charge in [0.2, 0.25) is 5.91 Å². The van der Waals surface area contributed by atoms with E-state index in [0.717, 1.165) is 34.8 Å². The van der Waals surface area contributed by atoms with Crippen molar-refractivity contribution >= 4 is 23.2 Å². The fraction of sp³-hybridized carbons (Fsp3) is 0.278. The minimum Gasteiger partial charge on any atom is -0.388 e. The van der Waals surface area contributed by atoms with Crippen molar-refractivity contribution in [1.29, 1.82) is 0 Å². The third-order valence-corrected chi connectivity index (χ3v) is 4.56. The van der Waals surface area contributed by atoms with Gasteiger partial charge in [0.05, 0.1) is 0 Å². The van der Waals surface area contributed by atoms with Gasteiger partial charge in [-0.05, 0) is 41.3 Å². The van der Waals surface area contributed by atoms with E-state index in [-0.39, 0.29) is 5.91 Å². The Labute approximate surface area is 135 Å². The fourth-order valence-electron chi connectivity index (χ4n) is 3.03. The number of carbonyl (C=O) groups excluding carboxylic acids is 1. The topological polar surface area (TPSA) is 32.3 Å². The average molecular weight is 315 g/mol. The van der Waals surface area contributed by atoms with Gasteiger partial charge in [-0.25, -0.2) is 0 Å². The van der Waals surface area contributed by atoms with Crippen LogP contribution in [0.5, 0.6) is 0 Å². The summed E-state index contributed by atoms with van der Waals surface area (Å²) in [6.45, 7) is 3.05. The molecular weight excluding hydrogens is 296 g/mol. The first kappa shape index (κ1) is 14.9. The van der Waals surface area contributed by atoms with E-state index in [0.29, 0.717) is 6.54 Å². The van der Waals surface area contributed by atoms with E-state index < -0.39 is 0 Å². The lowest BCUT2D eigenvalue weighted by atomic mass is 9.90. The second kappa shape index (κ2) is 6.01. The number of carbonyl (C=O) groups is 1. The molecule has 0 fully saturated rings. The molecule has 0 aromatic heterocycles. The van der Waals surface area contributed by atoms with Crippen LogP contribution in [-0.2, 0) is 17.8 Å². The molecule has 114 valence electrons. The second-order valence-corrected chi connectivity index (χ2v) is 5.99. The van der Waals surface area contributed by atoms with E-state index in [1.54, 1.807) is 6.92 Å². The van der Waals surface area contributed by atoms with Crippen molar-refractivity contribution in [3.63, 3.8) is 0 Å². The number of nitrogens with zero attached hydrogens (tertiary/aromatic N) is 1. The molecule has 2 aromatic carbocycles.